The van der Waals surface area contributed by atoms with E-state index in [4.69, 9.17) is 0 Å². The normalized spacial score (nSPS) is 25.5. The van der Waals surface area contributed by atoms with Gasteiger partial charge in [-0.25, -0.2) is 4.39 Å². The van der Waals surface area contributed by atoms with Crippen molar-refractivity contribution in [1.82, 2.24) is 0 Å². The lowest BCUT2D eigenvalue weighted by Crippen LogP contribution is -2.86. The first-order valence-electron chi connectivity index (χ1n) is 7.00. The van der Waals surface area contributed by atoms with Crippen LogP contribution < -0.4 is 5.11 Å². The van der Waals surface area contributed by atoms with Gasteiger partial charge in [0.1, 0.15) is 0 Å². The Balaban J connectivity index is 2.79. The molecule has 1 fully saturated rings. The van der Waals surface area contributed by atoms with Crippen molar-refractivity contribution in [3.63, 3.8) is 0 Å². The van der Waals surface area contributed by atoms with E-state index in [1.165, 1.54) is 0 Å². The van der Waals surface area contributed by atoms with Crippen molar-refractivity contribution in [2.24, 2.45) is 4.99 Å². The molecule has 0 bridgehead atoms. The summed E-state index contributed by atoms with van der Waals surface area (Å²) in [6, 6.07) is 1.30. The van der Waals surface area contributed by atoms with Crippen molar-refractivity contribution in [1.29, 1.82) is 0 Å². The highest BCUT2D eigenvalue weighted by Gasteiger charge is 3.01. The molecule has 0 radical (unpaired) electrons. The van der Waals surface area contributed by atoms with Gasteiger partial charge in [-0.2, -0.15) is 43.9 Å². The number of halogens is 12. The van der Waals surface area contributed by atoms with Gasteiger partial charge < -0.3 is 5.11 Å². The molecule has 0 N–H and O–H groups in total. The third-order valence-electron chi connectivity index (χ3n) is 4.10. The molecule has 0 amide bonds. The van der Waals surface area contributed by atoms with Crippen molar-refractivity contribution >= 4 is 33.2 Å². The lowest BCUT2D eigenvalue weighted by atomic mass is 9.72. The Morgan fingerprint density at radius 3 is 1.60 bits per heavy atom. The molecule has 17 heteroatoms. The zero-order chi connectivity index (χ0) is 23.7. The molecule has 0 unspecified atom stereocenters. The molecule has 1 aromatic rings. The highest BCUT2D eigenvalue weighted by Crippen LogP contribution is 2.69. The van der Waals surface area contributed by atoms with Crippen LogP contribution in [0.5, 0.6) is 0 Å². The molecule has 1 saturated carbocycles. The molecule has 1 aromatic carbocycles. The van der Waals surface area contributed by atoms with Crippen LogP contribution in [-0.2, 0) is 0 Å². The maximum absolute atomic E-state index is 14.5. The van der Waals surface area contributed by atoms with Crippen LogP contribution in [0.2, 0.25) is 0 Å². The molecule has 168 valence electrons. The van der Waals surface area contributed by atoms with Crippen molar-refractivity contribution in [2.75, 3.05) is 0 Å². The number of hydrogen-bond donors (Lipinski definition) is 0. The van der Waals surface area contributed by atoms with Gasteiger partial charge in [0, 0.05) is 22.5 Å². The van der Waals surface area contributed by atoms with E-state index in [0.717, 1.165) is 0 Å². The average Bonchev–Trinajstić information content (AvgIpc) is 2.60. The number of rotatable bonds is 3. The Kier molecular flexibility index (Phi) is 5.13. The second-order valence-corrected chi connectivity index (χ2v) is 6.69. The van der Waals surface area contributed by atoms with Crippen molar-refractivity contribution in [3.8, 4) is 0 Å². The van der Waals surface area contributed by atoms with Crippen molar-refractivity contribution in [2.45, 2.75) is 35.3 Å². The maximum atomic E-state index is 14.5. The van der Waals surface area contributed by atoms with Gasteiger partial charge in [0.15, 0.2) is 0 Å². The number of nitrogens with zero attached hydrogens (tertiary/aromatic N) is 2. The third kappa shape index (κ3) is 2.56. The van der Waals surface area contributed by atoms with Gasteiger partial charge in [0.05, 0.1) is 10.6 Å². The van der Waals surface area contributed by atoms with E-state index in [0.29, 0.717) is 18.2 Å². The predicted molar refractivity (Wildman–Crippen MR) is 76.5 cm³/mol. The van der Waals surface area contributed by atoms with Gasteiger partial charge in [0.25, 0.3) is 11.4 Å². The molecule has 0 saturated heterocycles. The van der Waals surface area contributed by atoms with E-state index in [-0.39, 0.29) is 0 Å². The molecular weight excluding hydrogens is 521 g/mol. The van der Waals surface area contributed by atoms with Crippen LogP contribution in [0.1, 0.15) is 0 Å². The molecular formula is C13H3BrF11N2O3-. The number of alkyl halides is 11. The van der Waals surface area contributed by atoms with Gasteiger partial charge in [0.2, 0.25) is 0 Å². The molecule has 30 heavy (non-hydrogen) atoms. The molecule has 0 aromatic heterocycles. The number of nitro groups is 1. The van der Waals surface area contributed by atoms with Crippen LogP contribution >= 0.6 is 15.9 Å². The molecule has 0 heterocycles. The van der Waals surface area contributed by atoms with Crippen molar-refractivity contribution in [3.05, 3.63) is 32.8 Å². The summed E-state index contributed by atoms with van der Waals surface area (Å²) in [5.74, 6) is -40.7. The molecule has 0 atom stereocenters. The lowest BCUT2D eigenvalue weighted by Gasteiger charge is -2.53. The van der Waals surface area contributed by atoms with E-state index in [2.05, 4.69) is 20.9 Å². The number of hydrogen-bond acceptors (Lipinski definition) is 4. The molecule has 1 aliphatic carbocycles. The Morgan fingerprint density at radius 1 is 0.833 bits per heavy atom. The van der Waals surface area contributed by atoms with Gasteiger partial charge in [-0.3, -0.25) is 15.1 Å². The number of non-ortho nitro benzene ring substituents is 1. The summed E-state index contributed by atoms with van der Waals surface area (Å²) in [5.41, 5.74) is -8.86. The highest BCUT2D eigenvalue weighted by molar-refractivity contribution is 9.10. The standard InChI is InChI=1S/C13H4BrF11N2O3/c14-5-3-4(27(29)30)1-2-6(5)26-7(28)8(15)9(16,17)11(20,21)13(24,25)12(22,23)10(8,18)19/h1-3H,(H,26,28)/p-1. The summed E-state index contributed by atoms with van der Waals surface area (Å²) in [6.07, 6.45) is 0. The van der Waals surface area contributed by atoms with Crippen LogP contribution in [0.3, 0.4) is 0 Å². The number of aliphatic imine (C=N–C) groups is 1. The summed E-state index contributed by atoms with van der Waals surface area (Å²) < 4.78 is 149. The van der Waals surface area contributed by atoms with Crippen LogP contribution in [0.15, 0.2) is 27.7 Å². The van der Waals surface area contributed by atoms with E-state index < -0.39 is 61.9 Å². The summed E-state index contributed by atoms with van der Waals surface area (Å²) >= 11 is 2.44. The SMILES string of the molecule is O=[N+]([O-])c1ccc(N=C([O-])C2(F)C(F)(F)C(F)(F)C(F)(F)C(F)(F)C2(F)F)c(Br)c1. The third-order valence-corrected chi connectivity index (χ3v) is 4.74. The Morgan fingerprint density at radius 2 is 1.23 bits per heavy atom. The summed E-state index contributed by atoms with van der Waals surface area (Å²) in [6.45, 7) is 0. The first kappa shape index (κ1) is 24.1. The Labute approximate surface area is 165 Å². The summed E-state index contributed by atoms with van der Waals surface area (Å²) in [4.78, 5) is 11.8. The zero-order valence-corrected chi connectivity index (χ0v) is 15.0. The number of benzene rings is 1. The summed E-state index contributed by atoms with van der Waals surface area (Å²) in [5, 5.41) is 22.3. The maximum Gasteiger partial charge on any atom is 0.384 e. The van der Waals surface area contributed by atoms with E-state index in [1.807, 2.05) is 0 Å². The van der Waals surface area contributed by atoms with Gasteiger partial charge in [-0.05, 0) is 22.0 Å². The second-order valence-electron chi connectivity index (χ2n) is 5.84. The van der Waals surface area contributed by atoms with E-state index in [1.54, 1.807) is 0 Å². The first-order valence-corrected chi connectivity index (χ1v) is 7.79. The Bertz CT molecular complexity index is 905. The topological polar surface area (TPSA) is 78.6 Å². The molecule has 0 aliphatic heterocycles. The molecule has 0 spiro atoms. The van der Waals surface area contributed by atoms with E-state index >= 15 is 0 Å². The van der Waals surface area contributed by atoms with Crippen LogP contribution in [0.4, 0.5) is 59.7 Å². The largest absolute Gasteiger partial charge is 0.859 e. The smallest absolute Gasteiger partial charge is 0.384 e. The second kappa shape index (κ2) is 6.40. The quantitative estimate of drug-likeness (QED) is 0.190. The fraction of sp³-hybridized carbons (Fsp3) is 0.462. The van der Waals surface area contributed by atoms with Gasteiger partial charge in [-0.15, -0.1) is 0 Å². The number of nitro benzene ring substituents is 1. The van der Waals surface area contributed by atoms with Crippen LogP contribution in [0.25, 0.3) is 0 Å². The molecule has 5 nitrogen and oxygen atoms in total. The highest BCUT2D eigenvalue weighted by atomic mass is 79.9. The van der Waals surface area contributed by atoms with Crippen molar-refractivity contribution < 1.29 is 58.3 Å². The fourth-order valence-electron chi connectivity index (χ4n) is 2.38. The summed E-state index contributed by atoms with van der Waals surface area (Å²) in [7, 11) is 0. The minimum absolute atomic E-state index is 0.355. The van der Waals surface area contributed by atoms with Crippen LogP contribution in [0, 0.1) is 10.1 Å². The van der Waals surface area contributed by atoms with Crippen LogP contribution in [-0.4, -0.2) is 46.1 Å². The minimum atomic E-state index is -7.46. The van der Waals surface area contributed by atoms with Gasteiger partial charge >= 0.3 is 29.6 Å². The monoisotopic (exact) mass is 523 g/mol. The average molecular weight is 524 g/mol. The van der Waals surface area contributed by atoms with Gasteiger partial charge in [-0.1, -0.05) is 0 Å². The Hall–Kier alpha value is -2.20. The van der Waals surface area contributed by atoms with E-state index in [9.17, 15) is 63.5 Å². The minimum Gasteiger partial charge on any atom is -0.859 e. The first-order chi connectivity index (χ1) is 13.2. The fourth-order valence-corrected chi connectivity index (χ4v) is 2.83. The molecule has 1 aliphatic rings. The lowest BCUT2D eigenvalue weighted by molar-refractivity contribution is -0.480. The zero-order valence-electron chi connectivity index (χ0n) is 13.4. The molecule has 2 rings (SSSR count). The predicted octanol–water partition coefficient (Wildman–Crippen LogP) is 4.65.